The first-order valence-corrected chi connectivity index (χ1v) is 5.79. The number of halogens is 1. The van der Waals surface area contributed by atoms with Gasteiger partial charge in [0.15, 0.2) is 5.82 Å². The number of aromatic hydroxyl groups is 1. The average molecular weight is 251 g/mol. The number of aromatic nitrogens is 2. The fourth-order valence-corrected chi connectivity index (χ4v) is 1.82. The van der Waals surface area contributed by atoms with Crippen LogP contribution in [0.15, 0.2) is 22.7 Å². The van der Waals surface area contributed by atoms with Crippen LogP contribution in [0, 0.1) is 0 Å². The number of benzene rings is 1. The SMILES string of the molecule is CC1(c2noc(-c3ccc(O)c(Cl)c3)n2)CC1. The fourth-order valence-electron chi connectivity index (χ4n) is 1.64. The van der Waals surface area contributed by atoms with Crippen LogP contribution in [0.1, 0.15) is 25.6 Å². The molecule has 1 fully saturated rings. The molecule has 0 amide bonds. The van der Waals surface area contributed by atoms with E-state index in [9.17, 15) is 5.11 Å². The number of rotatable bonds is 2. The number of hydrogen-bond acceptors (Lipinski definition) is 4. The highest BCUT2D eigenvalue weighted by atomic mass is 35.5. The second-order valence-corrected chi connectivity index (χ2v) is 5.06. The molecule has 0 saturated heterocycles. The summed E-state index contributed by atoms with van der Waals surface area (Å²) in [5.41, 5.74) is 0.804. The van der Waals surface area contributed by atoms with E-state index in [-0.39, 0.29) is 16.2 Å². The molecule has 1 heterocycles. The zero-order valence-electron chi connectivity index (χ0n) is 9.27. The first-order chi connectivity index (χ1) is 8.08. The normalized spacial score (nSPS) is 17.1. The van der Waals surface area contributed by atoms with E-state index in [1.807, 2.05) is 0 Å². The Morgan fingerprint density at radius 3 is 2.82 bits per heavy atom. The summed E-state index contributed by atoms with van der Waals surface area (Å²) in [7, 11) is 0. The highest BCUT2D eigenvalue weighted by molar-refractivity contribution is 6.32. The smallest absolute Gasteiger partial charge is 0.257 e. The quantitative estimate of drug-likeness (QED) is 0.890. The van der Waals surface area contributed by atoms with Crippen LogP contribution in [-0.2, 0) is 5.41 Å². The summed E-state index contributed by atoms with van der Waals surface area (Å²) in [6.07, 6.45) is 2.20. The molecule has 2 aromatic rings. The van der Waals surface area contributed by atoms with Crippen molar-refractivity contribution in [3.8, 4) is 17.2 Å². The number of nitrogens with zero attached hydrogens (tertiary/aromatic N) is 2. The van der Waals surface area contributed by atoms with Gasteiger partial charge in [0, 0.05) is 11.0 Å². The first kappa shape index (κ1) is 10.6. The van der Waals surface area contributed by atoms with E-state index in [1.54, 1.807) is 12.1 Å². The van der Waals surface area contributed by atoms with Crippen LogP contribution < -0.4 is 0 Å². The maximum atomic E-state index is 9.34. The summed E-state index contributed by atoms with van der Waals surface area (Å²) < 4.78 is 5.21. The Hall–Kier alpha value is -1.55. The third kappa shape index (κ3) is 1.78. The van der Waals surface area contributed by atoms with Gasteiger partial charge in [-0.1, -0.05) is 23.7 Å². The van der Waals surface area contributed by atoms with Crippen molar-refractivity contribution < 1.29 is 9.63 Å². The lowest BCUT2D eigenvalue weighted by Crippen LogP contribution is -2.01. The predicted octanol–water partition coefficient (Wildman–Crippen LogP) is 3.15. The molecule has 3 rings (SSSR count). The van der Waals surface area contributed by atoms with E-state index < -0.39 is 0 Å². The number of hydrogen-bond donors (Lipinski definition) is 1. The molecule has 0 bridgehead atoms. The van der Waals surface area contributed by atoms with Gasteiger partial charge in [-0.15, -0.1) is 0 Å². The van der Waals surface area contributed by atoms with Gasteiger partial charge in [-0.25, -0.2) is 0 Å². The zero-order valence-corrected chi connectivity index (χ0v) is 10.0. The summed E-state index contributed by atoms with van der Waals surface area (Å²) in [5.74, 6) is 1.23. The molecule has 1 N–H and O–H groups in total. The number of phenols is 1. The predicted molar refractivity (Wildman–Crippen MR) is 63.0 cm³/mol. The molecule has 5 heteroatoms. The van der Waals surface area contributed by atoms with Gasteiger partial charge < -0.3 is 9.63 Å². The molecule has 0 unspecified atom stereocenters. The molecule has 1 saturated carbocycles. The Balaban J connectivity index is 1.98. The maximum Gasteiger partial charge on any atom is 0.257 e. The standard InChI is InChI=1S/C12H11ClN2O2/c1-12(4-5-12)11-14-10(17-15-11)7-2-3-9(16)8(13)6-7/h2-3,6,16H,4-5H2,1H3. The Kier molecular flexibility index (Phi) is 2.16. The van der Waals surface area contributed by atoms with Crippen LogP contribution >= 0.6 is 11.6 Å². The lowest BCUT2D eigenvalue weighted by Gasteiger charge is -1.99. The van der Waals surface area contributed by atoms with E-state index in [0.29, 0.717) is 5.89 Å². The van der Waals surface area contributed by atoms with Crippen LogP contribution in [0.5, 0.6) is 5.75 Å². The molecule has 0 spiro atoms. The van der Waals surface area contributed by atoms with E-state index in [2.05, 4.69) is 17.1 Å². The molecular formula is C12H11ClN2O2. The van der Waals surface area contributed by atoms with Crippen molar-refractivity contribution in [1.29, 1.82) is 0 Å². The van der Waals surface area contributed by atoms with Gasteiger partial charge in [0.05, 0.1) is 5.02 Å². The van der Waals surface area contributed by atoms with Gasteiger partial charge in [0.25, 0.3) is 5.89 Å². The van der Waals surface area contributed by atoms with Crippen LogP contribution in [0.25, 0.3) is 11.5 Å². The van der Waals surface area contributed by atoms with Crippen LogP contribution in [-0.4, -0.2) is 15.2 Å². The van der Waals surface area contributed by atoms with Crippen molar-refractivity contribution in [2.45, 2.75) is 25.2 Å². The average Bonchev–Trinajstić information content (AvgIpc) is 2.88. The van der Waals surface area contributed by atoms with Crippen molar-refractivity contribution in [3.63, 3.8) is 0 Å². The van der Waals surface area contributed by atoms with E-state index in [1.165, 1.54) is 6.07 Å². The Labute approximate surface area is 103 Å². The molecule has 17 heavy (non-hydrogen) atoms. The van der Waals surface area contributed by atoms with Crippen molar-refractivity contribution in [2.24, 2.45) is 0 Å². The fraction of sp³-hybridized carbons (Fsp3) is 0.333. The van der Waals surface area contributed by atoms with E-state index in [4.69, 9.17) is 16.1 Å². The van der Waals surface area contributed by atoms with E-state index >= 15 is 0 Å². The topological polar surface area (TPSA) is 59.2 Å². The van der Waals surface area contributed by atoms with Gasteiger partial charge in [0.2, 0.25) is 0 Å². The van der Waals surface area contributed by atoms with Crippen molar-refractivity contribution in [2.75, 3.05) is 0 Å². The Bertz CT molecular complexity index is 576. The number of phenolic OH excluding ortho intramolecular Hbond substituents is 1. The summed E-state index contributed by atoms with van der Waals surface area (Å²) in [5, 5.41) is 13.6. The Morgan fingerprint density at radius 2 is 2.18 bits per heavy atom. The second kappa shape index (κ2) is 3.47. The molecule has 1 aromatic heterocycles. The maximum absolute atomic E-state index is 9.34. The summed E-state index contributed by atoms with van der Waals surface area (Å²) in [6.45, 7) is 2.12. The molecular weight excluding hydrogens is 240 g/mol. The molecule has 1 aromatic carbocycles. The first-order valence-electron chi connectivity index (χ1n) is 5.42. The molecule has 1 aliphatic carbocycles. The zero-order chi connectivity index (χ0) is 12.0. The lowest BCUT2D eigenvalue weighted by molar-refractivity contribution is 0.415. The van der Waals surface area contributed by atoms with Gasteiger partial charge >= 0.3 is 0 Å². The van der Waals surface area contributed by atoms with Gasteiger partial charge in [0.1, 0.15) is 5.75 Å². The highest BCUT2D eigenvalue weighted by Crippen LogP contribution is 2.46. The van der Waals surface area contributed by atoms with Gasteiger partial charge in [-0.3, -0.25) is 0 Å². The molecule has 4 nitrogen and oxygen atoms in total. The largest absolute Gasteiger partial charge is 0.506 e. The Morgan fingerprint density at radius 1 is 1.41 bits per heavy atom. The highest BCUT2D eigenvalue weighted by Gasteiger charge is 2.43. The molecule has 0 atom stereocenters. The molecule has 0 aliphatic heterocycles. The van der Waals surface area contributed by atoms with Crippen LogP contribution in [0.2, 0.25) is 5.02 Å². The summed E-state index contributed by atoms with van der Waals surface area (Å²) >= 11 is 5.83. The lowest BCUT2D eigenvalue weighted by atomic mass is 10.1. The molecule has 88 valence electrons. The van der Waals surface area contributed by atoms with Crippen LogP contribution in [0.3, 0.4) is 0 Å². The van der Waals surface area contributed by atoms with Crippen molar-refractivity contribution in [3.05, 3.63) is 29.0 Å². The summed E-state index contributed by atoms with van der Waals surface area (Å²) in [6, 6.07) is 4.83. The minimum Gasteiger partial charge on any atom is -0.506 e. The van der Waals surface area contributed by atoms with Crippen molar-refractivity contribution >= 4 is 11.6 Å². The molecule has 0 radical (unpaired) electrons. The molecule has 1 aliphatic rings. The third-order valence-electron chi connectivity index (χ3n) is 3.16. The summed E-state index contributed by atoms with van der Waals surface area (Å²) in [4.78, 5) is 4.37. The van der Waals surface area contributed by atoms with E-state index in [0.717, 1.165) is 24.2 Å². The minimum atomic E-state index is 0.0457. The second-order valence-electron chi connectivity index (χ2n) is 4.65. The van der Waals surface area contributed by atoms with Crippen molar-refractivity contribution in [1.82, 2.24) is 10.1 Å². The third-order valence-corrected chi connectivity index (χ3v) is 3.46. The minimum absolute atomic E-state index is 0.0457. The monoisotopic (exact) mass is 250 g/mol. The van der Waals surface area contributed by atoms with Gasteiger partial charge in [-0.05, 0) is 31.0 Å². The van der Waals surface area contributed by atoms with Gasteiger partial charge in [-0.2, -0.15) is 4.98 Å². The van der Waals surface area contributed by atoms with Crippen LogP contribution in [0.4, 0.5) is 0 Å².